The van der Waals surface area contributed by atoms with Crippen molar-refractivity contribution in [2.24, 2.45) is 5.92 Å². The van der Waals surface area contributed by atoms with Crippen LogP contribution in [0.4, 0.5) is 0 Å². The number of amides is 2. The van der Waals surface area contributed by atoms with Gasteiger partial charge in [0.1, 0.15) is 6.26 Å². The third-order valence-electron chi connectivity index (χ3n) is 5.01. The first-order valence-corrected chi connectivity index (χ1v) is 9.42. The van der Waals surface area contributed by atoms with E-state index in [-0.39, 0.29) is 17.7 Å². The first kappa shape index (κ1) is 19.8. The molecule has 2 amide bonds. The Morgan fingerprint density at radius 2 is 2.04 bits per heavy atom. The average molecular weight is 386 g/mol. The van der Waals surface area contributed by atoms with Crippen LogP contribution in [0.5, 0.6) is 11.5 Å². The van der Waals surface area contributed by atoms with Gasteiger partial charge in [-0.3, -0.25) is 9.59 Å². The highest BCUT2D eigenvalue weighted by molar-refractivity contribution is 5.94. The Balaban J connectivity index is 1.50. The number of piperidine rings is 1. The number of carbonyl (C=O) groups is 2. The van der Waals surface area contributed by atoms with Gasteiger partial charge in [0.05, 0.1) is 32.0 Å². The van der Waals surface area contributed by atoms with Gasteiger partial charge in [-0.15, -0.1) is 0 Å². The predicted molar refractivity (Wildman–Crippen MR) is 104 cm³/mol. The quantitative estimate of drug-likeness (QED) is 0.791. The molecule has 1 fully saturated rings. The number of methoxy groups -OCH3 is 2. The summed E-state index contributed by atoms with van der Waals surface area (Å²) in [6.07, 6.45) is 5.22. The number of nitrogens with zero attached hydrogens (tertiary/aromatic N) is 1. The first-order valence-electron chi connectivity index (χ1n) is 9.42. The molecule has 1 N–H and O–H groups in total. The molecule has 28 heavy (non-hydrogen) atoms. The van der Waals surface area contributed by atoms with Crippen molar-refractivity contribution in [3.63, 3.8) is 0 Å². The topological polar surface area (TPSA) is 81.0 Å². The molecule has 0 radical (unpaired) electrons. The second kappa shape index (κ2) is 9.30. The van der Waals surface area contributed by atoms with Gasteiger partial charge in [0.2, 0.25) is 5.91 Å². The molecule has 7 heteroatoms. The molecule has 2 heterocycles. The van der Waals surface area contributed by atoms with E-state index in [0.717, 1.165) is 18.4 Å². The van der Waals surface area contributed by atoms with E-state index in [9.17, 15) is 9.59 Å². The normalized spacial score (nSPS) is 16.5. The summed E-state index contributed by atoms with van der Waals surface area (Å²) in [4.78, 5) is 26.7. The highest BCUT2D eigenvalue weighted by atomic mass is 16.5. The molecule has 1 saturated heterocycles. The van der Waals surface area contributed by atoms with Crippen molar-refractivity contribution in [2.45, 2.75) is 19.3 Å². The summed E-state index contributed by atoms with van der Waals surface area (Å²) in [5.74, 6) is 1.07. The average Bonchev–Trinajstić information content (AvgIpc) is 3.28. The van der Waals surface area contributed by atoms with E-state index in [0.29, 0.717) is 43.1 Å². The summed E-state index contributed by atoms with van der Waals surface area (Å²) in [6.45, 7) is 1.63. The van der Waals surface area contributed by atoms with Crippen LogP contribution in [-0.2, 0) is 11.2 Å². The van der Waals surface area contributed by atoms with E-state index in [1.54, 1.807) is 25.2 Å². The minimum atomic E-state index is -0.185. The van der Waals surface area contributed by atoms with Gasteiger partial charge < -0.3 is 24.1 Å². The number of likely N-dealkylation sites (tertiary alicyclic amines) is 1. The van der Waals surface area contributed by atoms with E-state index in [1.165, 1.54) is 12.5 Å². The van der Waals surface area contributed by atoms with Crippen LogP contribution in [0.3, 0.4) is 0 Å². The lowest BCUT2D eigenvalue weighted by Crippen LogP contribution is -2.45. The minimum Gasteiger partial charge on any atom is -0.493 e. The lowest BCUT2D eigenvalue weighted by molar-refractivity contribution is -0.126. The van der Waals surface area contributed by atoms with E-state index < -0.39 is 0 Å². The molecule has 150 valence electrons. The number of benzene rings is 1. The molecular weight excluding hydrogens is 360 g/mol. The van der Waals surface area contributed by atoms with E-state index >= 15 is 0 Å². The second-order valence-electron chi connectivity index (χ2n) is 6.83. The third kappa shape index (κ3) is 4.65. The lowest BCUT2D eigenvalue weighted by Gasteiger charge is -2.31. The summed E-state index contributed by atoms with van der Waals surface area (Å²) in [6, 6.07) is 7.38. The lowest BCUT2D eigenvalue weighted by atomic mass is 9.96. The predicted octanol–water partition coefficient (Wildman–Crippen LogP) is 2.51. The fraction of sp³-hybridized carbons (Fsp3) is 0.429. The molecule has 1 unspecified atom stereocenters. The maximum absolute atomic E-state index is 12.6. The van der Waals surface area contributed by atoms with E-state index in [1.807, 2.05) is 18.2 Å². The van der Waals surface area contributed by atoms with Crippen LogP contribution in [0.15, 0.2) is 41.2 Å². The first-order chi connectivity index (χ1) is 13.6. The van der Waals surface area contributed by atoms with Gasteiger partial charge in [0.15, 0.2) is 11.5 Å². The van der Waals surface area contributed by atoms with Crippen molar-refractivity contribution in [1.29, 1.82) is 0 Å². The number of rotatable bonds is 7. The van der Waals surface area contributed by atoms with Crippen molar-refractivity contribution in [2.75, 3.05) is 33.9 Å². The molecule has 1 atom stereocenters. The number of hydrogen-bond acceptors (Lipinski definition) is 5. The monoisotopic (exact) mass is 386 g/mol. The number of furan rings is 1. The van der Waals surface area contributed by atoms with Gasteiger partial charge >= 0.3 is 0 Å². The standard InChI is InChI=1S/C21H26N2O5/c1-26-18-6-5-15(12-19(18)27-2)7-9-22-20(24)16-4-3-10-23(13-16)21(25)17-8-11-28-14-17/h5-6,8,11-12,14,16H,3-4,7,9-10,13H2,1-2H3,(H,22,24). The number of nitrogens with one attached hydrogen (secondary N) is 1. The van der Waals surface area contributed by atoms with Crippen molar-refractivity contribution >= 4 is 11.8 Å². The fourth-order valence-corrected chi connectivity index (χ4v) is 3.45. The van der Waals surface area contributed by atoms with Crippen molar-refractivity contribution < 1.29 is 23.5 Å². The van der Waals surface area contributed by atoms with Gasteiger partial charge in [-0.2, -0.15) is 0 Å². The molecule has 0 aliphatic carbocycles. The highest BCUT2D eigenvalue weighted by Gasteiger charge is 2.29. The van der Waals surface area contributed by atoms with Crippen LogP contribution in [0, 0.1) is 5.92 Å². The van der Waals surface area contributed by atoms with Gasteiger partial charge in [-0.1, -0.05) is 6.07 Å². The number of ether oxygens (including phenoxy) is 2. The van der Waals surface area contributed by atoms with Crippen LogP contribution in [0.2, 0.25) is 0 Å². The molecule has 7 nitrogen and oxygen atoms in total. The number of carbonyl (C=O) groups excluding carboxylic acids is 2. The Labute approximate surface area is 164 Å². The maximum Gasteiger partial charge on any atom is 0.257 e. The van der Waals surface area contributed by atoms with Gasteiger partial charge in [0.25, 0.3) is 5.91 Å². The van der Waals surface area contributed by atoms with Crippen LogP contribution < -0.4 is 14.8 Å². The zero-order valence-corrected chi connectivity index (χ0v) is 16.3. The molecule has 1 aromatic heterocycles. The molecule has 0 saturated carbocycles. The fourth-order valence-electron chi connectivity index (χ4n) is 3.45. The zero-order chi connectivity index (χ0) is 19.9. The highest BCUT2D eigenvalue weighted by Crippen LogP contribution is 2.27. The third-order valence-corrected chi connectivity index (χ3v) is 5.01. The van der Waals surface area contributed by atoms with E-state index in [4.69, 9.17) is 13.9 Å². The molecule has 0 spiro atoms. The second-order valence-corrected chi connectivity index (χ2v) is 6.83. The van der Waals surface area contributed by atoms with Gasteiger partial charge in [-0.25, -0.2) is 0 Å². The maximum atomic E-state index is 12.6. The largest absolute Gasteiger partial charge is 0.493 e. The van der Waals surface area contributed by atoms with Crippen LogP contribution in [0.1, 0.15) is 28.8 Å². The zero-order valence-electron chi connectivity index (χ0n) is 16.3. The Morgan fingerprint density at radius 3 is 2.75 bits per heavy atom. The number of hydrogen-bond donors (Lipinski definition) is 1. The Bertz CT molecular complexity index is 803. The Morgan fingerprint density at radius 1 is 1.21 bits per heavy atom. The summed E-state index contributed by atoms with van der Waals surface area (Å²) in [5.41, 5.74) is 1.58. The smallest absolute Gasteiger partial charge is 0.257 e. The van der Waals surface area contributed by atoms with Crippen LogP contribution in [0.25, 0.3) is 0 Å². The van der Waals surface area contributed by atoms with Crippen molar-refractivity contribution in [3.05, 3.63) is 47.9 Å². The molecular formula is C21H26N2O5. The molecule has 3 rings (SSSR count). The summed E-state index contributed by atoms with van der Waals surface area (Å²) >= 11 is 0. The Hall–Kier alpha value is -2.96. The Kier molecular flexibility index (Phi) is 6.57. The molecule has 1 aliphatic heterocycles. The van der Waals surface area contributed by atoms with Crippen LogP contribution >= 0.6 is 0 Å². The molecule has 2 aromatic rings. The summed E-state index contributed by atoms with van der Waals surface area (Å²) in [7, 11) is 3.20. The van der Waals surface area contributed by atoms with Crippen LogP contribution in [-0.4, -0.2) is 50.6 Å². The molecule has 0 bridgehead atoms. The molecule has 1 aromatic carbocycles. The van der Waals surface area contributed by atoms with Crippen molar-refractivity contribution in [3.8, 4) is 11.5 Å². The minimum absolute atomic E-state index is 0.00910. The summed E-state index contributed by atoms with van der Waals surface area (Å²) in [5, 5.41) is 2.99. The van der Waals surface area contributed by atoms with Gasteiger partial charge in [-0.05, 0) is 43.0 Å². The van der Waals surface area contributed by atoms with Gasteiger partial charge in [0, 0.05) is 19.6 Å². The van der Waals surface area contributed by atoms with Crippen molar-refractivity contribution in [1.82, 2.24) is 10.2 Å². The summed E-state index contributed by atoms with van der Waals surface area (Å²) < 4.78 is 15.5. The van der Waals surface area contributed by atoms with E-state index in [2.05, 4.69) is 5.32 Å². The SMILES string of the molecule is COc1ccc(CCNC(=O)C2CCCN(C(=O)c3ccoc3)C2)cc1OC. The molecule has 1 aliphatic rings.